The molecule has 0 unspecified atom stereocenters. The summed E-state index contributed by atoms with van der Waals surface area (Å²) < 4.78 is 23.8. The van der Waals surface area contributed by atoms with Gasteiger partial charge < -0.3 is 10.2 Å². The highest BCUT2D eigenvalue weighted by Crippen LogP contribution is 2.24. The second-order valence-electron chi connectivity index (χ2n) is 8.74. The van der Waals surface area contributed by atoms with Gasteiger partial charge in [-0.05, 0) is 57.3 Å². The van der Waals surface area contributed by atoms with Crippen molar-refractivity contribution in [1.29, 1.82) is 0 Å². The van der Waals surface area contributed by atoms with Gasteiger partial charge in [0.05, 0.1) is 10.5 Å². The summed E-state index contributed by atoms with van der Waals surface area (Å²) in [6, 6.07) is 8.05. The average Bonchev–Trinajstić information content (AvgIpc) is 2.68. The highest BCUT2D eigenvalue weighted by Gasteiger charge is 2.41. The number of nitrogens with zero attached hydrogens (tertiary/aromatic N) is 3. The minimum absolute atomic E-state index is 0.182. The maximum Gasteiger partial charge on any atom is 0.193 e. The van der Waals surface area contributed by atoms with Gasteiger partial charge in [-0.3, -0.25) is 9.89 Å². The van der Waals surface area contributed by atoms with E-state index in [1.165, 1.54) is 5.56 Å². The topological polar surface area (TPSA) is 65.0 Å². The maximum absolute atomic E-state index is 12.2. The molecule has 1 N–H and O–H groups in total. The van der Waals surface area contributed by atoms with Crippen LogP contribution in [0.4, 0.5) is 0 Å². The lowest BCUT2D eigenvalue weighted by Crippen LogP contribution is -2.57. The molecule has 0 saturated carbocycles. The first kappa shape index (κ1) is 22.4. The monoisotopic (exact) mass is 440 g/mol. The quantitative estimate of drug-likeness (QED) is 0.576. The fraction of sp³-hybridized carbons (Fsp3) is 0.667. The zero-order valence-corrected chi connectivity index (χ0v) is 19.3. The summed E-state index contributed by atoms with van der Waals surface area (Å²) in [4.78, 5) is 8.94. The number of guanidine groups is 1. The molecule has 1 aromatic rings. The largest absolute Gasteiger partial charge is 0.356 e. The van der Waals surface area contributed by atoms with Crippen molar-refractivity contribution in [3.63, 3.8) is 0 Å². The van der Waals surface area contributed by atoms with E-state index in [2.05, 4.69) is 26.2 Å². The van der Waals surface area contributed by atoms with Crippen LogP contribution in [0, 0.1) is 5.92 Å². The third kappa shape index (κ3) is 5.44. The summed E-state index contributed by atoms with van der Waals surface area (Å²) in [7, 11) is -1.28. The van der Waals surface area contributed by atoms with Gasteiger partial charge in [-0.25, -0.2) is 8.42 Å². The highest BCUT2D eigenvalue weighted by atomic mass is 35.5. The lowest BCUT2D eigenvalue weighted by atomic mass is 9.96. The fourth-order valence-electron chi connectivity index (χ4n) is 4.11. The molecule has 0 aliphatic carbocycles. The first-order chi connectivity index (χ1) is 13.7. The Morgan fingerprint density at radius 2 is 1.93 bits per heavy atom. The van der Waals surface area contributed by atoms with Crippen molar-refractivity contribution in [2.45, 2.75) is 38.0 Å². The van der Waals surface area contributed by atoms with E-state index >= 15 is 0 Å². The Bertz CT molecular complexity index is 833. The SMILES string of the molecule is CN=C(NCC1CCN(Cc2ccccc2Cl)CC1)N1CCS(=O)(=O)C(C)(C)C1. The predicted molar refractivity (Wildman–Crippen MR) is 120 cm³/mol. The number of likely N-dealkylation sites (tertiary alicyclic amines) is 1. The van der Waals surface area contributed by atoms with Crippen molar-refractivity contribution in [3.05, 3.63) is 34.9 Å². The molecule has 2 aliphatic rings. The molecular formula is C21H33ClN4O2S. The van der Waals surface area contributed by atoms with Crippen LogP contribution in [0.3, 0.4) is 0 Å². The molecule has 8 heteroatoms. The molecule has 0 spiro atoms. The molecule has 29 heavy (non-hydrogen) atoms. The summed E-state index contributed by atoms with van der Waals surface area (Å²) in [6.07, 6.45) is 2.27. The number of sulfone groups is 1. The number of nitrogens with one attached hydrogen (secondary N) is 1. The van der Waals surface area contributed by atoms with Gasteiger partial charge in [-0.15, -0.1) is 0 Å². The molecule has 2 saturated heterocycles. The number of hydrogen-bond acceptors (Lipinski definition) is 4. The van der Waals surface area contributed by atoms with Crippen molar-refractivity contribution in [2.75, 3.05) is 45.5 Å². The predicted octanol–water partition coefficient (Wildman–Crippen LogP) is 2.64. The van der Waals surface area contributed by atoms with Gasteiger partial charge in [-0.1, -0.05) is 29.8 Å². The standard InChI is InChI=1S/C21H33ClN4O2S/c1-21(2)16-26(12-13-29(21,27)28)20(23-3)24-14-17-8-10-25(11-9-17)15-18-6-4-5-7-19(18)22/h4-7,17H,8-16H2,1-3H3,(H,23,24). The van der Waals surface area contributed by atoms with Gasteiger partial charge in [0.25, 0.3) is 0 Å². The molecule has 0 aromatic heterocycles. The first-order valence-electron chi connectivity index (χ1n) is 10.4. The molecule has 2 aliphatic heterocycles. The van der Waals surface area contributed by atoms with Gasteiger partial charge in [0, 0.05) is 38.2 Å². The van der Waals surface area contributed by atoms with Crippen LogP contribution in [0.1, 0.15) is 32.3 Å². The van der Waals surface area contributed by atoms with E-state index in [1.807, 2.05) is 18.2 Å². The van der Waals surface area contributed by atoms with Crippen molar-refractivity contribution in [1.82, 2.24) is 15.1 Å². The Morgan fingerprint density at radius 3 is 2.55 bits per heavy atom. The molecule has 0 radical (unpaired) electrons. The van der Waals surface area contributed by atoms with Crippen molar-refractivity contribution >= 4 is 27.4 Å². The molecule has 0 atom stereocenters. The number of rotatable bonds is 4. The molecular weight excluding hydrogens is 408 g/mol. The van der Waals surface area contributed by atoms with Crippen LogP contribution in [0.5, 0.6) is 0 Å². The van der Waals surface area contributed by atoms with Crippen LogP contribution in [-0.4, -0.2) is 74.4 Å². The third-order valence-electron chi connectivity index (χ3n) is 6.16. The Balaban J connectivity index is 1.46. The summed E-state index contributed by atoms with van der Waals surface area (Å²) in [5.74, 6) is 1.59. The Labute approximate surface area is 180 Å². The van der Waals surface area contributed by atoms with Crippen molar-refractivity contribution in [2.24, 2.45) is 10.9 Å². The van der Waals surface area contributed by atoms with Crippen LogP contribution < -0.4 is 5.32 Å². The van der Waals surface area contributed by atoms with Crippen molar-refractivity contribution in [3.8, 4) is 0 Å². The number of piperidine rings is 1. The van der Waals surface area contributed by atoms with Gasteiger partial charge in [0.15, 0.2) is 15.8 Å². The maximum atomic E-state index is 12.2. The van der Waals surface area contributed by atoms with Gasteiger partial charge >= 0.3 is 0 Å². The van der Waals surface area contributed by atoms with Crippen LogP contribution in [-0.2, 0) is 16.4 Å². The number of hydrogen-bond donors (Lipinski definition) is 1. The van der Waals surface area contributed by atoms with Gasteiger partial charge in [0.2, 0.25) is 0 Å². The summed E-state index contributed by atoms with van der Waals surface area (Å²) in [6.45, 7) is 8.48. The average molecular weight is 441 g/mol. The molecule has 162 valence electrons. The minimum Gasteiger partial charge on any atom is -0.356 e. The van der Waals surface area contributed by atoms with E-state index in [0.29, 0.717) is 19.0 Å². The molecule has 2 fully saturated rings. The Hall–Kier alpha value is -1.31. The zero-order chi connectivity index (χ0) is 21.1. The summed E-state index contributed by atoms with van der Waals surface area (Å²) in [5, 5.41) is 4.33. The van der Waals surface area contributed by atoms with Crippen LogP contribution in [0.2, 0.25) is 5.02 Å². The Kier molecular flexibility index (Phi) is 7.12. The van der Waals surface area contributed by atoms with E-state index in [-0.39, 0.29) is 5.75 Å². The lowest BCUT2D eigenvalue weighted by molar-refractivity contribution is 0.177. The second-order valence-corrected chi connectivity index (χ2v) is 11.9. The van der Waals surface area contributed by atoms with Crippen LogP contribution in [0.15, 0.2) is 29.3 Å². The summed E-state index contributed by atoms with van der Waals surface area (Å²) in [5.41, 5.74) is 1.19. The molecule has 0 bridgehead atoms. The lowest BCUT2D eigenvalue weighted by Gasteiger charge is -2.39. The van der Waals surface area contributed by atoms with Crippen LogP contribution in [0.25, 0.3) is 0 Å². The van der Waals surface area contributed by atoms with E-state index in [0.717, 1.165) is 50.0 Å². The molecule has 1 aromatic carbocycles. The normalized spacial score (nSPS) is 23.2. The van der Waals surface area contributed by atoms with Crippen LogP contribution >= 0.6 is 11.6 Å². The smallest absolute Gasteiger partial charge is 0.193 e. The minimum atomic E-state index is -3.05. The van der Waals surface area contributed by atoms with Gasteiger partial charge in [-0.2, -0.15) is 0 Å². The molecule has 2 heterocycles. The number of halogens is 1. The number of benzene rings is 1. The molecule has 3 rings (SSSR count). The molecule has 0 amide bonds. The summed E-state index contributed by atoms with van der Waals surface area (Å²) >= 11 is 6.29. The Morgan fingerprint density at radius 1 is 1.24 bits per heavy atom. The highest BCUT2D eigenvalue weighted by molar-refractivity contribution is 7.92. The van der Waals surface area contributed by atoms with E-state index < -0.39 is 14.6 Å². The second kappa shape index (κ2) is 9.23. The zero-order valence-electron chi connectivity index (χ0n) is 17.7. The molecule has 6 nitrogen and oxygen atoms in total. The van der Waals surface area contributed by atoms with E-state index in [1.54, 1.807) is 20.9 Å². The van der Waals surface area contributed by atoms with E-state index in [9.17, 15) is 8.42 Å². The fourth-order valence-corrected chi connectivity index (χ4v) is 5.67. The first-order valence-corrected chi connectivity index (χ1v) is 12.4. The van der Waals surface area contributed by atoms with Gasteiger partial charge in [0.1, 0.15) is 0 Å². The van der Waals surface area contributed by atoms with E-state index in [4.69, 9.17) is 11.6 Å². The third-order valence-corrected chi connectivity index (χ3v) is 9.06. The van der Waals surface area contributed by atoms with Crippen molar-refractivity contribution < 1.29 is 8.42 Å². The number of aliphatic imine (C=N–C) groups is 1.